The molecule has 2 aliphatic rings. The van der Waals surface area contributed by atoms with Crippen LogP contribution in [0.3, 0.4) is 0 Å². The number of fused-ring (bicyclic) bond motifs is 4. The van der Waals surface area contributed by atoms with Gasteiger partial charge < -0.3 is 0 Å². The molecule has 4 bridgehead atoms. The van der Waals surface area contributed by atoms with Gasteiger partial charge in [0.15, 0.2) is 11.6 Å². The van der Waals surface area contributed by atoms with E-state index in [0.29, 0.717) is 24.0 Å². The van der Waals surface area contributed by atoms with E-state index in [1.54, 1.807) is 6.92 Å². The Balaban J connectivity index is 2.05. The Morgan fingerprint density at radius 2 is 1.63 bits per heavy atom. The van der Waals surface area contributed by atoms with E-state index in [4.69, 9.17) is 0 Å². The lowest BCUT2D eigenvalue weighted by molar-refractivity contribution is -0.116. The van der Waals surface area contributed by atoms with Crippen molar-refractivity contribution in [2.75, 3.05) is 0 Å². The Bertz CT molecular complexity index is 632. The number of aryl methyl sites for hydroxylation is 2. The quantitative estimate of drug-likeness (QED) is 0.665. The Morgan fingerprint density at radius 1 is 0.947 bits per heavy atom. The van der Waals surface area contributed by atoms with Crippen molar-refractivity contribution in [3.05, 3.63) is 58.2 Å². The van der Waals surface area contributed by atoms with Crippen LogP contribution in [0.1, 0.15) is 30.9 Å². The van der Waals surface area contributed by atoms with Crippen molar-refractivity contribution in [3.8, 4) is 0 Å². The van der Waals surface area contributed by atoms with Gasteiger partial charge in [0.25, 0.3) is 0 Å². The van der Waals surface area contributed by atoms with Crippen molar-refractivity contribution in [1.29, 1.82) is 0 Å². The molecule has 0 heterocycles. The highest BCUT2D eigenvalue weighted by atomic mass is 16.1. The molecule has 0 amide bonds. The average molecular weight is 252 g/mol. The minimum Gasteiger partial charge on any atom is -0.290 e. The lowest BCUT2D eigenvalue weighted by Crippen LogP contribution is -2.19. The smallest absolute Gasteiger partial charge is 0.185 e. The number of hydrogen-bond donors (Lipinski definition) is 0. The molecule has 1 aromatic rings. The van der Waals surface area contributed by atoms with Crippen LogP contribution in [-0.4, -0.2) is 11.6 Å². The second-order valence-electron chi connectivity index (χ2n) is 5.29. The fraction of sp³-hybridized carbons (Fsp3) is 0.294. The standard InChI is InChI=1S/C17H16O2/c1-11-15-8-6-13-4-2-3-12(9-13)5-7-14(17(15)19)10-16(11)18/h2-4,9-10H,5-8H2,1H3. The van der Waals surface area contributed by atoms with Gasteiger partial charge >= 0.3 is 0 Å². The van der Waals surface area contributed by atoms with E-state index in [2.05, 4.69) is 24.3 Å². The summed E-state index contributed by atoms with van der Waals surface area (Å²) in [5.41, 5.74) is 4.52. The summed E-state index contributed by atoms with van der Waals surface area (Å²) in [4.78, 5) is 24.3. The Labute approximate surface area is 112 Å². The molecule has 0 radical (unpaired) electrons. The topological polar surface area (TPSA) is 34.1 Å². The molecule has 0 saturated heterocycles. The maximum absolute atomic E-state index is 12.4. The van der Waals surface area contributed by atoms with Gasteiger partial charge in [0.05, 0.1) is 0 Å². The van der Waals surface area contributed by atoms with E-state index < -0.39 is 0 Å². The minimum absolute atomic E-state index is 0.00818. The number of ketones is 2. The SMILES string of the molecule is CC1=C2CCc3cccc(c3)CCC(=CC1=O)C2=O. The molecule has 0 N–H and O–H groups in total. The molecule has 2 heteroatoms. The summed E-state index contributed by atoms with van der Waals surface area (Å²) in [6.45, 7) is 1.77. The van der Waals surface area contributed by atoms with Crippen LogP contribution >= 0.6 is 0 Å². The number of carbonyl (C=O) groups is 2. The maximum Gasteiger partial charge on any atom is 0.185 e. The monoisotopic (exact) mass is 252 g/mol. The highest BCUT2D eigenvalue weighted by molar-refractivity contribution is 6.22. The first-order valence-electron chi connectivity index (χ1n) is 6.72. The molecule has 1 aromatic carbocycles. The summed E-state index contributed by atoms with van der Waals surface area (Å²) < 4.78 is 0. The van der Waals surface area contributed by atoms with E-state index in [-0.39, 0.29) is 11.6 Å². The second-order valence-corrected chi connectivity index (χ2v) is 5.29. The van der Waals surface area contributed by atoms with Gasteiger partial charge in [-0.1, -0.05) is 24.3 Å². The van der Waals surface area contributed by atoms with Crippen LogP contribution in [0.2, 0.25) is 0 Å². The molecular formula is C17H16O2. The predicted molar refractivity (Wildman–Crippen MR) is 73.9 cm³/mol. The van der Waals surface area contributed by atoms with Crippen molar-refractivity contribution >= 4 is 11.6 Å². The van der Waals surface area contributed by atoms with Crippen molar-refractivity contribution < 1.29 is 9.59 Å². The van der Waals surface area contributed by atoms with E-state index in [1.807, 2.05) is 0 Å². The third-order valence-electron chi connectivity index (χ3n) is 4.03. The summed E-state index contributed by atoms with van der Waals surface area (Å²) in [6.07, 6.45) is 4.51. The molecule has 96 valence electrons. The zero-order valence-electron chi connectivity index (χ0n) is 11.0. The molecule has 3 rings (SSSR count). The van der Waals surface area contributed by atoms with E-state index in [1.165, 1.54) is 17.2 Å². The summed E-state index contributed by atoms with van der Waals surface area (Å²) in [7, 11) is 0. The lowest BCUT2D eigenvalue weighted by atomic mass is 9.83. The molecule has 0 unspecified atom stereocenters. The van der Waals surface area contributed by atoms with Crippen LogP contribution in [0.25, 0.3) is 0 Å². The first-order valence-corrected chi connectivity index (χ1v) is 6.72. The summed E-state index contributed by atoms with van der Waals surface area (Å²) in [5, 5.41) is 0. The van der Waals surface area contributed by atoms with Crippen molar-refractivity contribution in [2.45, 2.75) is 32.6 Å². The van der Waals surface area contributed by atoms with Gasteiger partial charge in [-0.3, -0.25) is 9.59 Å². The van der Waals surface area contributed by atoms with Gasteiger partial charge in [-0.05, 0) is 49.8 Å². The first-order chi connectivity index (χ1) is 9.15. The summed E-state index contributed by atoms with van der Waals surface area (Å²) in [6, 6.07) is 8.46. The Hall–Kier alpha value is -1.96. The Kier molecular flexibility index (Phi) is 2.94. The van der Waals surface area contributed by atoms with E-state index >= 15 is 0 Å². The molecule has 0 aromatic heterocycles. The lowest BCUT2D eigenvalue weighted by Gasteiger charge is -2.19. The van der Waals surface area contributed by atoms with Gasteiger partial charge in [-0.25, -0.2) is 0 Å². The highest BCUT2D eigenvalue weighted by Crippen LogP contribution is 2.27. The van der Waals surface area contributed by atoms with Crippen LogP contribution in [0, 0.1) is 0 Å². The third-order valence-corrected chi connectivity index (χ3v) is 4.03. The molecule has 2 nitrogen and oxygen atoms in total. The summed E-state index contributed by atoms with van der Waals surface area (Å²) >= 11 is 0. The molecular weight excluding hydrogens is 236 g/mol. The average Bonchev–Trinajstić information content (AvgIpc) is 2.41. The molecule has 0 atom stereocenters. The molecule has 0 aliphatic heterocycles. The van der Waals surface area contributed by atoms with Crippen molar-refractivity contribution in [2.24, 2.45) is 0 Å². The first kappa shape index (κ1) is 12.1. The molecule has 2 aliphatic carbocycles. The van der Waals surface area contributed by atoms with Gasteiger partial charge in [0, 0.05) is 16.7 Å². The van der Waals surface area contributed by atoms with Crippen LogP contribution in [0.5, 0.6) is 0 Å². The molecule has 19 heavy (non-hydrogen) atoms. The number of Topliss-reactive ketones (excluding diaryl/α,β-unsaturated/α-hetero) is 1. The number of benzene rings is 1. The number of allylic oxidation sites excluding steroid dienone is 4. The van der Waals surface area contributed by atoms with E-state index in [0.717, 1.165) is 18.4 Å². The maximum atomic E-state index is 12.4. The van der Waals surface area contributed by atoms with E-state index in [9.17, 15) is 9.59 Å². The fourth-order valence-corrected chi connectivity index (χ4v) is 2.82. The van der Waals surface area contributed by atoms with Gasteiger partial charge in [0.2, 0.25) is 0 Å². The van der Waals surface area contributed by atoms with Crippen LogP contribution in [0.4, 0.5) is 0 Å². The minimum atomic E-state index is 0.00818. The number of hydrogen-bond acceptors (Lipinski definition) is 2. The Morgan fingerprint density at radius 3 is 2.37 bits per heavy atom. The number of carbonyl (C=O) groups excluding carboxylic acids is 2. The van der Waals surface area contributed by atoms with Gasteiger partial charge in [0.1, 0.15) is 0 Å². The third kappa shape index (κ3) is 2.19. The van der Waals surface area contributed by atoms with Crippen LogP contribution in [-0.2, 0) is 22.4 Å². The largest absolute Gasteiger partial charge is 0.290 e. The fourth-order valence-electron chi connectivity index (χ4n) is 2.82. The zero-order valence-corrected chi connectivity index (χ0v) is 11.0. The van der Waals surface area contributed by atoms with Crippen molar-refractivity contribution in [1.82, 2.24) is 0 Å². The predicted octanol–water partition coefficient (Wildman–Crippen LogP) is 2.96. The van der Waals surface area contributed by atoms with Gasteiger partial charge in [-0.2, -0.15) is 0 Å². The number of rotatable bonds is 0. The zero-order chi connectivity index (χ0) is 13.4. The summed E-state index contributed by atoms with van der Waals surface area (Å²) in [5.74, 6) is 0.0936. The molecule has 0 fully saturated rings. The van der Waals surface area contributed by atoms with Crippen LogP contribution < -0.4 is 0 Å². The molecule has 0 saturated carbocycles. The normalized spacial score (nSPS) is 19.3. The molecule has 0 spiro atoms. The van der Waals surface area contributed by atoms with Crippen molar-refractivity contribution in [3.63, 3.8) is 0 Å². The van der Waals surface area contributed by atoms with Crippen LogP contribution in [0.15, 0.2) is 47.1 Å². The highest BCUT2D eigenvalue weighted by Gasteiger charge is 2.25. The van der Waals surface area contributed by atoms with Gasteiger partial charge in [-0.15, -0.1) is 0 Å². The second kappa shape index (κ2) is 4.61.